The van der Waals surface area contributed by atoms with Crippen LogP contribution in [0.15, 0.2) is 0 Å². The summed E-state index contributed by atoms with van der Waals surface area (Å²) in [7, 11) is 0. The molecule has 0 aromatic heterocycles. The second-order valence-electron chi connectivity index (χ2n) is 3.55. The van der Waals surface area contributed by atoms with E-state index in [9.17, 15) is 5.11 Å². The van der Waals surface area contributed by atoms with Crippen LogP contribution in [0.25, 0.3) is 0 Å². The maximum atomic E-state index is 9.68. The van der Waals surface area contributed by atoms with E-state index >= 15 is 0 Å². The first-order chi connectivity index (χ1) is 5.29. The molecule has 2 atom stereocenters. The summed E-state index contributed by atoms with van der Waals surface area (Å²) in [6.45, 7) is 0. The van der Waals surface area contributed by atoms with Crippen molar-refractivity contribution in [1.82, 2.24) is 0 Å². The van der Waals surface area contributed by atoms with Gasteiger partial charge in [-0.1, -0.05) is 12.8 Å². The van der Waals surface area contributed by atoms with E-state index in [1.165, 1.54) is 12.8 Å². The van der Waals surface area contributed by atoms with Crippen LogP contribution in [0.1, 0.15) is 38.5 Å². The summed E-state index contributed by atoms with van der Waals surface area (Å²) in [4.78, 5) is 9.87. The van der Waals surface area contributed by atoms with Crippen molar-refractivity contribution in [1.29, 1.82) is 0 Å². The van der Waals surface area contributed by atoms with Crippen LogP contribution in [0.5, 0.6) is 0 Å². The first-order valence-corrected chi connectivity index (χ1v) is 4.35. The maximum absolute atomic E-state index is 9.68. The third-order valence-electron chi connectivity index (χ3n) is 2.48. The summed E-state index contributed by atoms with van der Waals surface area (Å²) in [5, 5.41) is 9.68. The van der Waals surface area contributed by atoms with Crippen molar-refractivity contribution in [2.75, 3.05) is 0 Å². The molecule has 2 unspecified atom stereocenters. The standard InChI is InChI=1S/C8H14O3/c9-8-5-3-1-2-4-7(6-8)10-11-8/h7,9H,1-6H2. The first-order valence-electron chi connectivity index (χ1n) is 4.35. The second kappa shape index (κ2) is 2.73. The molecule has 2 bridgehead atoms. The van der Waals surface area contributed by atoms with E-state index in [0.717, 1.165) is 19.3 Å². The van der Waals surface area contributed by atoms with Crippen molar-refractivity contribution >= 4 is 0 Å². The van der Waals surface area contributed by atoms with Crippen molar-refractivity contribution in [3.05, 3.63) is 0 Å². The van der Waals surface area contributed by atoms with Crippen LogP contribution >= 0.6 is 0 Å². The molecule has 0 aromatic carbocycles. The van der Waals surface area contributed by atoms with Gasteiger partial charge in [0.2, 0.25) is 5.79 Å². The SMILES string of the molecule is OC12CCCCCC(C1)OO2. The summed E-state index contributed by atoms with van der Waals surface area (Å²) >= 11 is 0. The Bertz CT molecular complexity index is 146. The molecule has 3 heteroatoms. The molecule has 1 N–H and O–H groups in total. The van der Waals surface area contributed by atoms with Gasteiger partial charge in [0.05, 0.1) is 6.10 Å². The number of rotatable bonds is 0. The van der Waals surface area contributed by atoms with Crippen LogP contribution in [-0.2, 0) is 9.78 Å². The van der Waals surface area contributed by atoms with Crippen LogP contribution in [0.4, 0.5) is 0 Å². The number of hydrogen-bond acceptors (Lipinski definition) is 3. The second-order valence-corrected chi connectivity index (χ2v) is 3.55. The fourth-order valence-corrected chi connectivity index (χ4v) is 1.83. The Morgan fingerprint density at radius 3 is 3.09 bits per heavy atom. The average Bonchev–Trinajstić information content (AvgIpc) is 2.31. The van der Waals surface area contributed by atoms with Gasteiger partial charge in [0.25, 0.3) is 0 Å². The molecule has 1 aliphatic carbocycles. The molecule has 0 spiro atoms. The van der Waals surface area contributed by atoms with Crippen LogP contribution in [0, 0.1) is 0 Å². The van der Waals surface area contributed by atoms with Gasteiger partial charge in [0.15, 0.2) is 0 Å². The predicted molar refractivity (Wildman–Crippen MR) is 38.6 cm³/mol. The molecule has 0 radical (unpaired) electrons. The first kappa shape index (κ1) is 7.53. The Morgan fingerprint density at radius 2 is 2.18 bits per heavy atom. The molecule has 0 amide bonds. The largest absolute Gasteiger partial charge is 0.363 e. The van der Waals surface area contributed by atoms with Gasteiger partial charge in [-0.25, -0.2) is 9.78 Å². The zero-order valence-electron chi connectivity index (χ0n) is 6.58. The van der Waals surface area contributed by atoms with E-state index in [-0.39, 0.29) is 6.10 Å². The highest BCUT2D eigenvalue weighted by atomic mass is 17.2. The maximum Gasteiger partial charge on any atom is 0.201 e. The van der Waals surface area contributed by atoms with Gasteiger partial charge in [0, 0.05) is 12.8 Å². The minimum absolute atomic E-state index is 0.139. The van der Waals surface area contributed by atoms with Crippen LogP contribution in [0.3, 0.4) is 0 Å². The molecule has 11 heavy (non-hydrogen) atoms. The summed E-state index contributed by atoms with van der Waals surface area (Å²) in [6, 6.07) is 0. The summed E-state index contributed by atoms with van der Waals surface area (Å²) in [5.41, 5.74) is 0. The molecule has 3 nitrogen and oxygen atoms in total. The van der Waals surface area contributed by atoms with Crippen molar-refractivity contribution in [3.8, 4) is 0 Å². The van der Waals surface area contributed by atoms with Crippen molar-refractivity contribution < 1.29 is 14.9 Å². The molecule has 1 heterocycles. The van der Waals surface area contributed by atoms with Crippen molar-refractivity contribution in [2.45, 2.75) is 50.4 Å². The number of fused-ring (bicyclic) bond motifs is 2. The fourth-order valence-electron chi connectivity index (χ4n) is 1.83. The van der Waals surface area contributed by atoms with Gasteiger partial charge in [-0.15, -0.1) is 0 Å². The summed E-state index contributed by atoms with van der Waals surface area (Å²) in [5.74, 6) is -0.953. The lowest BCUT2D eigenvalue weighted by molar-refractivity contribution is -0.378. The van der Waals surface area contributed by atoms with Crippen molar-refractivity contribution in [3.63, 3.8) is 0 Å². The van der Waals surface area contributed by atoms with Crippen LogP contribution < -0.4 is 0 Å². The Labute approximate surface area is 66.2 Å². The molecule has 1 saturated heterocycles. The highest BCUT2D eigenvalue weighted by Crippen LogP contribution is 2.35. The normalized spacial score (nSPS) is 45.0. The highest BCUT2D eigenvalue weighted by molar-refractivity contribution is 4.78. The number of aliphatic hydroxyl groups is 1. The minimum atomic E-state index is -0.953. The van der Waals surface area contributed by atoms with Gasteiger partial charge in [0.1, 0.15) is 0 Å². The van der Waals surface area contributed by atoms with Gasteiger partial charge in [-0.3, -0.25) is 0 Å². The Morgan fingerprint density at radius 1 is 1.27 bits per heavy atom. The summed E-state index contributed by atoms with van der Waals surface area (Å²) < 4.78 is 0. The third kappa shape index (κ3) is 1.55. The monoisotopic (exact) mass is 158 g/mol. The molecule has 1 aliphatic heterocycles. The summed E-state index contributed by atoms with van der Waals surface area (Å²) in [6.07, 6.45) is 5.99. The molecule has 1 saturated carbocycles. The molecule has 2 fully saturated rings. The topological polar surface area (TPSA) is 38.7 Å². The quantitative estimate of drug-likeness (QED) is 0.541. The molecule has 0 aromatic rings. The van der Waals surface area contributed by atoms with Gasteiger partial charge in [-0.05, 0) is 12.8 Å². The Balaban J connectivity index is 2.02. The lowest BCUT2D eigenvalue weighted by Gasteiger charge is -2.19. The lowest BCUT2D eigenvalue weighted by atomic mass is 9.95. The predicted octanol–water partition coefficient (Wildman–Crippen LogP) is 1.36. The molecule has 2 aliphatic rings. The van der Waals surface area contributed by atoms with Crippen LogP contribution in [0.2, 0.25) is 0 Å². The molecule has 64 valence electrons. The molecule has 2 rings (SSSR count). The van der Waals surface area contributed by atoms with Gasteiger partial charge >= 0.3 is 0 Å². The zero-order valence-corrected chi connectivity index (χ0v) is 6.58. The zero-order chi connectivity index (χ0) is 7.73. The molecular weight excluding hydrogens is 144 g/mol. The smallest absolute Gasteiger partial charge is 0.201 e. The van der Waals surface area contributed by atoms with E-state index in [4.69, 9.17) is 9.78 Å². The fraction of sp³-hybridized carbons (Fsp3) is 1.00. The van der Waals surface area contributed by atoms with E-state index in [2.05, 4.69) is 0 Å². The van der Waals surface area contributed by atoms with E-state index in [1.807, 2.05) is 0 Å². The van der Waals surface area contributed by atoms with E-state index in [0.29, 0.717) is 6.42 Å². The highest BCUT2D eigenvalue weighted by Gasteiger charge is 2.40. The van der Waals surface area contributed by atoms with Crippen molar-refractivity contribution in [2.24, 2.45) is 0 Å². The van der Waals surface area contributed by atoms with E-state index < -0.39 is 5.79 Å². The lowest BCUT2D eigenvalue weighted by Crippen LogP contribution is -2.28. The van der Waals surface area contributed by atoms with Gasteiger partial charge in [-0.2, -0.15) is 0 Å². The Kier molecular flexibility index (Phi) is 1.87. The molecular formula is C8H14O3. The van der Waals surface area contributed by atoms with E-state index in [1.54, 1.807) is 0 Å². The van der Waals surface area contributed by atoms with Crippen LogP contribution in [-0.4, -0.2) is 17.0 Å². The van der Waals surface area contributed by atoms with Gasteiger partial charge < -0.3 is 5.11 Å². The number of hydrogen-bond donors (Lipinski definition) is 1. The Hall–Kier alpha value is -0.120. The third-order valence-corrected chi connectivity index (χ3v) is 2.48. The minimum Gasteiger partial charge on any atom is -0.363 e. The average molecular weight is 158 g/mol.